The van der Waals surface area contributed by atoms with Gasteiger partial charge in [0.15, 0.2) is 35.0 Å². The lowest BCUT2D eigenvalue weighted by molar-refractivity contribution is -0.191. The lowest BCUT2D eigenvalue weighted by Gasteiger charge is -2.28. The standard InChI is InChI=1S/C35H31BrN6O6/c1-34(2)46-28-24(44-33(29(28)47-34)42-19-41-26-30(37)39-18-40-31(26)42)14-9-15-38-32(43)23-16-22(36)17-25-27(23)48-35(45-25,20-10-5-3-6-11-20)21-12-7-4-8-13-21/h3-14,16-19,24,28-29,33H,15H2,1-2H3,(H,38,43)(H2,37,39,40)/t24-,28?,29+,33-/m1/s1. The highest BCUT2D eigenvalue weighted by Gasteiger charge is 2.55. The zero-order chi connectivity index (χ0) is 33.0. The van der Waals surface area contributed by atoms with Gasteiger partial charge in [0.2, 0.25) is 0 Å². The molecule has 0 bridgehead atoms. The summed E-state index contributed by atoms with van der Waals surface area (Å²) in [5, 5.41) is 2.98. The Labute approximate surface area is 284 Å². The Kier molecular flexibility index (Phi) is 7.44. The number of imidazole rings is 1. The number of rotatable bonds is 7. The van der Waals surface area contributed by atoms with Crippen LogP contribution in [0.5, 0.6) is 11.5 Å². The second kappa shape index (κ2) is 11.7. The number of nitrogens with one attached hydrogen (secondary N) is 1. The first-order valence-corrected chi connectivity index (χ1v) is 16.2. The molecule has 3 aliphatic rings. The van der Waals surface area contributed by atoms with Gasteiger partial charge in [0, 0.05) is 22.1 Å². The molecular weight excluding hydrogens is 680 g/mol. The molecule has 5 heterocycles. The fourth-order valence-corrected chi connectivity index (χ4v) is 6.88. The molecule has 1 amide bonds. The van der Waals surface area contributed by atoms with Crippen molar-refractivity contribution < 1.29 is 28.5 Å². The molecular formula is C35H31BrN6O6. The molecule has 0 spiro atoms. The summed E-state index contributed by atoms with van der Waals surface area (Å²) >= 11 is 3.54. The maximum Gasteiger partial charge on any atom is 0.305 e. The minimum absolute atomic E-state index is 0.216. The molecule has 0 saturated carbocycles. The molecule has 3 N–H and O–H groups in total. The van der Waals surface area contributed by atoms with Crippen molar-refractivity contribution in [1.29, 1.82) is 0 Å². The van der Waals surface area contributed by atoms with E-state index in [0.717, 1.165) is 11.1 Å². The molecule has 0 radical (unpaired) electrons. The first-order valence-electron chi connectivity index (χ1n) is 15.4. The molecule has 48 heavy (non-hydrogen) atoms. The number of carbonyl (C=O) groups is 1. The molecule has 2 fully saturated rings. The van der Waals surface area contributed by atoms with E-state index in [1.54, 1.807) is 23.0 Å². The van der Waals surface area contributed by atoms with Crippen LogP contribution in [0.15, 0.2) is 102 Å². The van der Waals surface area contributed by atoms with E-state index in [-0.39, 0.29) is 18.3 Å². The number of carbonyl (C=O) groups excluding carboxylic acids is 1. The summed E-state index contributed by atoms with van der Waals surface area (Å²) in [6.07, 6.45) is 4.81. The Hall–Kier alpha value is -4.82. The molecule has 244 valence electrons. The third kappa shape index (κ3) is 5.19. The second-order valence-electron chi connectivity index (χ2n) is 12.1. The van der Waals surface area contributed by atoms with E-state index in [4.69, 9.17) is 29.4 Å². The fraction of sp³-hybridized carbons (Fsp3) is 0.257. The Morgan fingerprint density at radius 2 is 1.69 bits per heavy atom. The van der Waals surface area contributed by atoms with Gasteiger partial charge in [0.1, 0.15) is 30.2 Å². The number of hydrogen-bond acceptors (Lipinski definition) is 10. The number of halogens is 1. The first-order chi connectivity index (χ1) is 23.2. The Bertz CT molecular complexity index is 2000. The van der Waals surface area contributed by atoms with Crippen LogP contribution in [0.2, 0.25) is 0 Å². The molecule has 12 nitrogen and oxygen atoms in total. The average molecular weight is 712 g/mol. The van der Waals surface area contributed by atoms with Gasteiger partial charge in [-0.2, -0.15) is 0 Å². The lowest BCUT2D eigenvalue weighted by atomic mass is 9.97. The average Bonchev–Trinajstić information content (AvgIpc) is 3.84. The van der Waals surface area contributed by atoms with Gasteiger partial charge in [-0.3, -0.25) is 9.36 Å². The van der Waals surface area contributed by atoms with Crippen LogP contribution in [-0.4, -0.2) is 56.1 Å². The molecule has 0 aliphatic carbocycles. The predicted octanol–water partition coefficient (Wildman–Crippen LogP) is 5.25. The third-order valence-electron chi connectivity index (χ3n) is 8.50. The minimum Gasteiger partial charge on any atom is -0.440 e. The molecule has 5 aromatic rings. The zero-order valence-electron chi connectivity index (χ0n) is 25.9. The highest BCUT2D eigenvalue weighted by molar-refractivity contribution is 9.10. The van der Waals surface area contributed by atoms with Gasteiger partial charge in [-0.15, -0.1) is 0 Å². The van der Waals surface area contributed by atoms with Gasteiger partial charge in [-0.05, 0) is 26.0 Å². The number of benzene rings is 3. The maximum absolute atomic E-state index is 13.7. The largest absolute Gasteiger partial charge is 0.440 e. The molecule has 2 saturated heterocycles. The van der Waals surface area contributed by atoms with E-state index < -0.39 is 36.1 Å². The van der Waals surface area contributed by atoms with Gasteiger partial charge in [-0.25, -0.2) is 15.0 Å². The van der Waals surface area contributed by atoms with E-state index in [1.165, 1.54) is 6.33 Å². The lowest BCUT2D eigenvalue weighted by Crippen LogP contribution is -2.37. The number of ether oxygens (including phenoxy) is 5. The minimum atomic E-state index is -1.26. The number of nitrogen functional groups attached to an aromatic ring is 1. The van der Waals surface area contributed by atoms with Crippen LogP contribution < -0.4 is 20.5 Å². The van der Waals surface area contributed by atoms with Crippen LogP contribution in [0.25, 0.3) is 11.2 Å². The summed E-state index contributed by atoms with van der Waals surface area (Å²) in [6, 6.07) is 22.9. The zero-order valence-corrected chi connectivity index (χ0v) is 27.5. The number of amides is 1. The van der Waals surface area contributed by atoms with Gasteiger partial charge < -0.3 is 34.7 Å². The van der Waals surface area contributed by atoms with Crippen molar-refractivity contribution >= 4 is 38.8 Å². The summed E-state index contributed by atoms with van der Waals surface area (Å²) in [7, 11) is 0. The molecule has 13 heteroatoms. The van der Waals surface area contributed by atoms with Gasteiger partial charge >= 0.3 is 5.79 Å². The SMILES string of the molecule is CC1(C)OC2[C@@H](C=CCNC(=O)c3cc(Br)cc4c3OC(c3ccccc3)(c3ccccc3)O4)O[C@@H](n3cnc4c(N)ncnc43)[C@H]2O1. The van der Waals surface area contributed by atoms with E-state index in [0.29, 0.717) is 32.7 Å². The van der Waals surface area contributed by atoms with Crippen molar-refractivity contribution in [3.05, 3.63) is 119 Å². The predicted molar refractivity (Wildman–Crippen MR) is 178 cm³/mol. The summed E-state index contributed by atoms with van der Waals surface area (Å²) in [5.41, 5.74) is 8.96. The van der Waals surface area contributed by atoms with E-state index in [1.807, 2.05) is 86.7 Å². The van der Waals surface area contributed by atoms with Crippen LogP contribution >= 0.6 is 15.9 Å². The van der Waals surface area contributed by atoms with Crippen LogP contribution in [-0.2, 0) is 20.0 Å². The number of aromatic nitrogens is 4. The van der Waals surface area contributed by atoms with Crippen LogP contribution in [0, 0.1) is 0 Å². The molecule has 8 rings (SSSR count). The molecule has 3 aromatic carbocycles. The summed E-state index contributed by atoms with van der Waals surface area (Å²) < 4.78 is 34.5. The monoisotopic (exact) mass is 710 g/mol. The van der Waals surface area contributed by atoms with Crippen molar-refractivity contribution in [3.63, 3.8) is 0 Å². The van der Waals surface area contributed by atoms with Crippen LogP contribution in [0.1, 0.15) is 41.6 Å². The van der Waals surface area contributed by atoms with Crippen molar-refractivity contribution in [2.45, 2.75) is 50.0 Å². The fourth-order valence-electron chi connectivity index (χ4n) is 6.45. The quantitative estimate of drug-likeness (QED) is 0.215. The molecule has 2 aromatic heterocycles. The maximum atomic E-state index is 13.7. The second-order valence-corrected chi connectivity index (χ2v) is 13.0. The van der Waals surface area contributed by atoms with Crippen LogP contribution in [0.4, 0.5) is 5.82 Å². The van der Waals surface area contributed by atoms with Crippen LogP contribution in [0.3, 0.4) is 0 Å². The Balaban J connectivity index is 1.01. The van der Waals surface area contributed by atoms with E-state index >= 15 is 0 Å². The van der Waals surface area contributed by atoms with Crippen molar-refractivity contribution in [2.24, 2.45) is 0 Å². The number of hydrogen-bond donors (Lipinski definition) is 2. The number of fused-ring (bicyclic) bond motifs is 3. The van der Waals surface area contributed by atoms with E-state index in [9.17, 15) is 4.79 Å². The Morgan fingerprint density at radius 1 is 0.979 bits per heavy atom. The van der Waals surface area contributed by atoms with Gasteiger partial charge in [0.25, 0.3) is 5.91 Å². The molecule has 4 atom stereocenters. The Morgan fingerprint density at radius 3 is 2.42 bits per heavy atom. The van der Waals surface area contributed by atoms with Gasteiger partial charge in [0.05, 0.1) is 11.9 Å². The molecule has 1 unspecified atom stereocenters. The van der Waals surface area contributed by atoms with Crippen molar-refractivity contribution in [2.75, 3.05) is 12.3 Å². The number of nitrogens with two attached hydrogens (primary N) is 1. The highest BCUT2D eigenvalue weighted by Crippen LogP contribution is 2.50. The first kappa shape index (κ1) is 30.5. The topological polar surface area (TPSA) is 145 Å². The highest BCUT2D eigenvalue weighted by atomic mass is 79.9. The van der Waals surface area contributed by atoms with Gasteiger partial charge in [-0.1, -0.05) is 88.7 Å². The summed E-state index contributed by atoms with van der Waals surface area (Å²) in [6.45, 7) is 3.94. The smallest absolute Gasteiger partial charge is 0.305 e. The molecule has 3 aliphatic heterocycles. The van der Waals surface area contributed by atoms with Crippen molar-refractivity contribution in [3.8, 4) is 11.5 Å². The number of anilines is 1. The normalized spacial score (nSPS) is 23.5. The number of nitrogens with zero attached hydrogens (tertiary/aromatic N) is 4. The summed E-state index contributed by atoms with van der Waals surface area (Å²) in [5.74, 6) is -1.32. The van der Waals surface area contributed by atoms with E-state index in [2.05, 4.69) is 36.2 Å². The summed E-state index contributed by atoms with van der Waals surface area (Å²) in [4.78, 5) is 26.4. The third-order valence-corrected chi connectivity index (χ3v) is 8.96. The van der Waals surface area contributed by atoms with Crippen molar-refractivity contribution in [1.82, 2.24) is 24.8 Å².